The lowest BCUT2D eigenvalue weighted by molar-refractivity contribution is 0.237. The highest BCUT2D eigenvalue weighted by Gasteiger charge is 2.08. The van der Waals surface area contributed by atoms with Crippen LogP contribution in [0.3, 0.4) is 0 Å². The van der Waals surface area contributed by atoms with Crippen molar-refractivity contribution in [2.75, 3.05) is 6.61 Å². The molecule has 4 heteroatoms. The molecule has 0 fully saturated rings. The number of hydrogen-bond acceptors (Lipinski definition) is 3. The van der Waals surface area contributed by atoms with Crippen molar-refractivity contribution in [1.82, 2.24) is 5.32 Å². The first-order chi connectivity index (χ1) is 10.7. The van der Waals surface area contributed by atoms with Gasteiger partial charge in [0, 0.05) is 23.7 Å². The van der Waals surface area contributed by atoms with Crippen LogP contribution in [0, 0.1) is 5.82 Å². The molecule has 2 aromatic rings. The third-order valence-electron chi connectivity index (χ3n) is 3.61. The van der Waals surface area contributed by atoms with Crippen molar-refractivity contribution in [3.63, 3.8) is 0 Å². The predicted molar refractivity (Wildman–Crippen MR) is 85.2 cm³/mol. The highest BCUT2D eigenvalue weighted by molar-refractivity contribution is 5.33. The van der Waals surface area contributed by atoms with Crippen LogP contribution in [0.2, 0.25) is 0 Å². The molecule has 0 spiro atoms. The van der Waals surface area contributed by atoms with Gasteiger partial charge in [-0.15, -0.1) is 0 Å². The van der Waals surface area contributed by atoms with E-state index in [0.717, 1.165) is 17.7 Å². The first-order valence-electron chi connectivity index (χ1n) is 7.53. The molecule has 3 nitrogen and oxygen atoms in total. The summed E-state index contributed by atoms with van der Waals surface area (Å²) in [5.74, 6) is 0.468. The van der Waals surface area contributed by atoms with E-state index in [-0.39, 0.29) is 25.1 Å². The molecule has 22 heavy (non-hydrogen) atoms. The minimum absolute atomic E-state index is 0.0691. The SMILES string of the molecule is CC[C@H](CO)NCc1ccccc1OCc1ccccc1F. The number of halogens is 1. The van der Waals surface area contributed by atoms with Gasteiger partial charge in [0.1, 0.15) is 18.2 Å². The van der Waals surface area contributed by atoms with E-state index in [9.17, 15) is 9.50 Å². The molecule has 0 amide bonds. The summed E-state index contributed by atoms with van der Waals surface area (Å²) in [5.41, 5.74) is 1.53. The Balaban J connectivity index is 2.00. The smallest absolute Gasteiger partial charge is 0.129 e. The Kier molecular flexibility index (Phi) is 6.37. The van der Waals surface area contributed by atoms with E-state index in [1.165, 1.54) is 6.07 Å². The topological polar surface area (TPSA) is 41.5 Å². The highest BCUT2D eigenvalue weighted by Crippen LogP contribution is 2.20. The second-order valence-corrected chi connectivity index (χ2v) is 5.16. The van der Waals surface area contributed by atoms with Crippen LogP contribution in [0.4, 0.5) is 4.39 Å². The van der Waals surface area contributed by atoms with Crippen LogP contribution in [0.5, 0.6) is 5.75 Å². The van der Waals surface area contributed by atoms with Gasteiger partial charge in [-0.25, -0.2) is 4.39 Å². The second-order valence-electron chi connectivity index (χ2n) is 5.16. The number of benzene rings is 2. The van der Waals surface area contributed by atoms with Gasteiger partial charge >= 0.3 is 0 Å². The van der Waals surface area contributed by atoms with E-state index in [1.807, 2.05) is 31.2 Å². The van der Waals surface area contributed by atoms with Crippen molar-refractivity contribution in [3.05, 3.63) is 65.5 Å². The Hall–Kier alpha value is -1.91. The molecule has 0 saturated heterocycles. The molecule has 118 valence electrons. The number of para-hydroxylation sites is 1. The summed E-state index contributed by atoms with van der Waals surface area (Å²) in [5, 5.41) is 12.5. The first-order valence-corrected chi connectivity index (χ1v) is 7.53. The lowest BCUT2D eigenvalue weighted by atomic mass is 10.1. The molecular formula is C18H22FNO2. The molecule has 2 N–H and O–H groups in total. The molecule has 0 aliphatic carbocycles. The summed E-state index contributed by atoms with van der Waals surface area (Å²) in [6, 6.07) is 14.3. The number of aliphatic hydroxyl groups excluding tert-OH is 1. The molecule has 0 unspecified atom stereocenters. The van der Waals surface area contributed by atoms with Crippen LogP contribution in [0.25, 0.3) is 0 Å². The Morgan fingerprint density at radius 2 is 1.77 bits per heavy atom. The van der Waals surface area contributed by atoms with E-state index in [1.54, 1.807) is 18.2 Å². The summed E-state index contributed by atoms with van der Waals surface area (Å²) in [6.45, 7) is 2.93. The Morgan fingerprint density at radius 3 is 2.45 bits per heavy atom. The lowest BCUT2D eigenvalue weighted by Gasteiger charge is -2.16. The second kappa shape index (κ2) is 8.51. The molecule has 0 radical (unpaired) electrons. The number of rotatable bonds is 8. The van der Waals surface area contributed by atoms with Gasteiger partial charge in [0.2, 0.25) is 0 Å². The molecule has 2 aromatic carbocycles. The molecule has 0 aromatic heterocycles. The highest BCUT2D eigenvalue weighted by atomic mass is 19.1. The molecule has 0 bridgehead atoms. The average molecular weight is 303 g/mol. The summed E-state index contributed by atoms with van der Waals surface area (Å²) in [6.07, 6.45) is 0.856. The van der Waals surface area contributed by atoms with Crippen LogP contribution in [0.1, 0.15) is 24.5 Å². The van der Waals surface area contributed by atoms with Crippen molar-refractivity contribution in [1.29, 1.82) is 0 Å². The number of aliphatic hydroxyl groups is 1. The van der Waals surface area contributed by atoms with Crippen LogP contribution >= 0.6 is 0 Å². The zero-order chi connectivity index (χ0) is 15.8. The molecule has 2 rings (SSSR count). The van der Waals surface area contributed by atoms with Gasteiger partial charge in [-0.2, -0.15) is 0 Å². The third-order valence-corrected chi connectivity index (χ3v) is 3.61. The van der Waals surface area contributed by atoms with Gasteiger partial charge in [-0.1, -0.05) is 43.3 Å². The van der Waals surface area contributed by atoms with Crippen LogP contribution in [-0.4, -0.2) is 17.8 Å². The molecule has 0 saturated carbocycles. The quantitative estimate of drug-likeness (QED) is 0.786. The summed E-state index contributed by atoms with van der Waals surface area (Å²) < 4.78 is 19.4. The number of hydrogen-bond donors (Lipinski definition) is 2. The Morgan fingerprint density at radius 1 is 1.09 bits per heavy atom. The summed E-state index contributed by atoms with van der Waals surface area (Å²) >= 11 is 0. The van der Waals surface area contributed by atoms with Gasteiger partial charge < -0.3 is 15.2 Å². The van der Waals surface area contributed by atoms with Gasteiger partial charge in [-0.3, -0.25) is 0 Å². The van der Waals surface area contributed by atoms with Crippen LogP contribution in [0.15, 0.2) is 48.5 Å². The van der Waals surface area contributed by atoms with Gasteiger partial charge in [0.15, 0.2) is 0 Å². The van der Waals surface area contributed by atoms with Crippen LogP contribution in [-0.2, 0) is 13.2 Å². The van der Waals surface area contributed by atoms with Crippen LogP contribution < -0.4 is 10.1 Å². The summed E-state index contributed by atoms with van der Waals surface area (Å²) in [7, 11) is 0. The molecule has 0 aliphatic heterocycles. The molecule has 0 heterocycles. The standard InChI is InChI=1S/C18H22FNO2/c1-2-16(12-21)20-11-14-7-4-6-10-18(14)22-13-15-8-3-5-9-17(15)19/h3-10,16,20-21H,2,11-13H2,1H3/t16-/m1/s1. The van der Waals surface area contributed by atoms with E-state index in [2.05, 4.69) is 5.32 Å². The maximum absolute atomic E-state index is 13.6. The number of nitrogens with one attached hydrogen (secondary N) is 1. The fourth-order valence-electron chi connectivity index (χ4n) is 2.15. The minimum atomic E-state index is -0.260. The molecule has 1 atom stereocenters. The van der Waals surface area contributed by atoms with Crippen molar-refractivity contribution in [2.45, 2.75) is 32.5 Å². The zero-order valence-corrected chi connectivity index (χ0v) is 12.8. The van der Waals surface area contributed by atoms with E-state index in [0.29, 0.717) is 12.1 Å². The van der Waals surface area contributed by atoms with Crippen molar-refractivity contribution in [2.24, 2.45) is 0 Å². The largest absolute Gasteiger partial charge is 0.488 e. The van der Waals surface area contributed by atoms with E-state index >= 15 is 0 Å². The third kappa shape index (κ3) is 4.55. The van der Waals surface area contributed by atoms with Gasteiger partial charge in [0.25, 0.3) is 0 Å². The first kappa shape index (κ1) is 16.5. The fraction of sp³-hybridized carbons (Fsp3) is 0.333. The minimum Gasteiger partial charge on any atom is -0.488 e. The molecule has 0 aliphatic rings. The monoisotopic (exact) mass is 303 g/mol. The zero-order valence-electron chi connectivity index (χ0n) is 12.8. The predicted octanol–water partition coefficient (Wildman–Crippen LogP) is 3.27. The number of ether oxygens (including phenoxy) is 1. The van der Waals surface area contributed by atoms with E-state index in [4.69, 9.17) is 4.74 Å². The Labute approximate surface area is 130 Å². The lowest BCUT2D eigenvalue weighted by Crippen LogP contribution is -2.31. The summed E-state index contributed by atoms with van der Waals surface area (Å²) in [4.78, 5) is 0. The molecular weight excluding hydrogens is 281 g/mol. The van der Waals surface area contributed by atoms with Crippen molar-refractivity contribution in [3.8, 4) is 5.75 Å². The fourth-order valence-corrected chi connectivity index (χ4v) is 2.15. The van der Waals surface area contributed by atoms with Crippen molar-refractivity contribution >= 4 is 0 Å². The normalized spacial score (nSPS) is 12.1. The maximum atomic E-state index is 13.6. The van der Waals surface area contributed by atoms with E-state index < -0.39 is 0 Å². The maximum Gasteiger partial charge on any atom is 0.129 e. The average Bonchev–Trinajstić information content (AvgIpc) is 2.56. The Bertz CT molecular complexity index is 585. The van der Waals surface area contributed by atoms with Gasteiger partial charge in [-0.05, 0) is 18.6 Å². The van der Waals surface area contributed by atoms with Gasteiger partial charge in [0.05, 0.1) is 6.61 Å². The van der Waals surface area contributed by atoms with Crippen molar-refractivity contribution < 1.29 is 14.2 Å².